The summed E-state index contributed by atoms with van der Waals surface area (Å²) in [4.78, 5) is 0. The maximum atomic E-state index is 12.8. The van der Waals surface area contributed by atoms with Crippen LogP contribution in [0.5, 0.6) is 0 Å². The molecule has 2 nitrogen and oxygen atoms in total. The van der Waals surface area contributed by atoms with Crippen molar-refractivity contribution in [2.24, 2.45) is 5.73 Å². The Morgan fingerprint density at radius 1 is 1.21 bits per heavy atom. The molecule has 0 aromatic heterocycles. The molecule has 0 spiro atoms. The Morgan fingerprint density at radius 3 is 2.50 bits per heavy atom. The van der Waals surface area contributed by atoms with Crippen molar-refractivity contribution < 1.29 is 8.78 Å². The first-order valence-electron chi connectivity index (χ1n) is 4.62. The fourth-order valence-corrected chi connectivity index (χ4v) is 1.60. The van der Waals surface area contributed by atoms with Crippen LogP contribution in [-0.4, -0.2) is 12.1 Å². The molecule has 0 unspecified atom stereocenters. The van der Waals surface area contributed by atoms with Gasteiger partial charge in [0.05, 0.1) is 0 Å². The van der Waals surface area contributed by atoms with Crippen LogP contribution >= 0.6 is 0 Å². The largest absolute Gasteiger partial charge is 0.382 e. The SMILES string of the molecule is NC1CC(Nc2ccc(F)c(F)c2)C1. The summed E-state index contributed by atoms with van der Waals surface area (Å²) in [6.45, 7) is 0. The van der Waals surface area contributed by atoms with Crippen molar-refractivity contribution in [3.63, 3.8) is 0 Å². The lowest BCUT2D eigenvalue weighted by Crippen LogP contribution is -2.44. The lowest BCUT2D eigenvalue weighted by Gasteiger charge is -2.33. The molecule has 2 rings (SSSR count). The molecule has 4 heteroatoms. The van der Waals surface area contributed by atoms with Crippen LogP contribution in [0.4, 0.5) is 14.5 Å². The molecule has 0 bridgehead atoms. The van der Waals surface area contributed by atoms with Crippen molar-refractivity contribution in [1.82, 2.24) is 0 Å². The Kier molecular flexibility index (Phi) is 2.37. The summed E-state index contributed by atoms with van der Waals surface area (Å²) in [6, 6.07) is 4.37. The van der Waals surface area contributed by atoms with E-state index in [1.165, 1.54) is 12.1 Å². The number of nitrogens with one attached hydrogen (secondary N) is 1. The van der Waals surface area contributed by atoms with Gasteiger partial charge >= 0.3 is 0 Å². The van der Waals surface area contributed by atoms with Crippen LogP contribution in [-0.2, 0) is 0 Å². The number of hydrogen-bond donors (Lipinski definition) is 2. The molecule has 0 radical (unpaired) electrons. The molecule has 0 atom stereocenters. The number of nitrogens with two attached hydrogens (primary N) is 1. The molecule has 1 aromatic carbocycles. The Bertz CT molecular complexity index is 335. The summed E-state index contributed by atoms with van der Waals surface area (Å²) in [5, 5.41) is 3.09. The van der Waals surface area contributed by atoms with E-state index in [1.807, 2.05) is 0 Å². The van der Waals surface area contributed by atoms with Crippen molar-refractivity contribution in [3.8, 4) is 0 Å². The Balaban J connectivity index is 2.00. The summed E-state index contributed by atoms with van der Waals surface area (Å²) in [6.07, 6.45) is 1.78. The molecule has 0 heterocycles. The predicted octanol–water partition coefficient (Wildman–Crippen LogP) is 1.87. The molecule has 3 N–H and O–H groups in total. The number of halogens is 2. The first-order valence-corrected chi connectivity index (χ1v) is 4.62. The highest BCUT2D eigenvalue weighted by Gasteiger charge is 2.25. The zero-order valence-electron chi connectivity index (χ0n) is 7.63. The second-order valence-corrected chi connectivity index (χ2v) is 3.70. The van der Waals surface area contributed by atoms with Crippen LogP contribution in [0.2, 0.25) is 0 Å². The van der Waals surface area contributed by atoms with Gasteiger partial charge in [-0.3, -0.25) is 0 Å². The van der Waals surface area contributed by atoms with Gasteiger partial charge in [-0.05, 0) is 25.0 Å². The van der Waals surface area contributed by atoms with E-state index in [0.29, 0.717) is 11.7 Å². The zero-order valence-corrected chi connectivity index (χ0v) is 7.63. The topological polar surface area (TPSA) is 38.0 Å². The maximum absolute atomic E-state index is 12.8. The lowest BCUT2D eigenvalue weighted by molar-refractivity contribution is 0.373. The predicted molar refractivity (Wildman–Crippen MR) is 51.0 cm³/mol. The van der Waals surface area contributed by atoms with Crippen LogP contribution in [0.25, 0.3) is 0 Å². The van der Waals surface area contributed by atoms with Gasteiger partial charge in [0.15, 0.2) is 11.6 Å². The highest BCUT2D eigenvalue weighted by Crippen LogP contribution is 2.23. The lowest BCUT2D eigenvalue weighted by atomic mass is 9.87. The highest BCUT2D eigenvalue weighted by atomic mass is 19.2. The minimum absolute atomic E-state index is 0.248. The monoisotopic (exact) mass is 198 g/mol. The smallest absolute Gasteiger partial charge is 0.160 e. The molecule has 0 amide bonds. The molecule has 0 aliphatic heterocycles. The van der Waals surface area contributed by atoms with Gasteiger partial charge < -0.3 is 11.1 Å². The Morgan fingerprint density at radius 2 is 1.93 bits per heavy atom. The van der Waals surface area contributed by atoms with Gasteiger partial charge in [-0.2, -0.15) is 0 Å². The van der Waals surface area contributed by atoms with E-state index in [2.05, 4.69) is 5.32 Å². The maximum Gasteiger partial charge on any atom is 0.160 e. The van der Waals surface area contributed by atoms with E-state index in [9.17, 15) is 8.78 Å². The third-order valence-electron chi connectivity index (χ3n) is 2.46. The number of anilines is 1. The summed E-state index contributed by atoms with van der Waals surface area (Å²) in [5.74, 6) is -1.64. The molecule has 1 aliphatic rings. The minimum atomic E-state index is -0.821. The summed E-state index contributed by atoms with van der Waals surface area (Å²) >= 11 is 0. The number of hydrogen-bond acceptors (Lipinski definition) is 2. The second-order valence-electron chi connectivity index (χ2n) is 3.70. The molecular weight excluding hydrogens is 186 g/mol. The first kappa shape index (κ1) is 9.40. The van der Waals surface area contributed by atoms with Crippen LogP contribution in [0.3, 0.4) is 0 Å². The van der Waals surface area contributed by atoms with Crippen LogP contribution in [0, 0.1) is 11.6 Å². The fourth-order valence-electron chi connectivity index (χ4n) is 1.60. The molecule has 1 saturated carbocycles. The number of benzene rings is 1. The third-order valence-corrected chi connectivity index (χ3v) is 2.46. The second kappa shape index (κ2) is 3.53. The first-order chi connectivity index (χ1) is 6.65. The van der Waals surface area contributed by atoms with Crippen LogP contribution in [0.1, 0.15) is 12.8 Å². The third kappa shape index (κ3) is 1.85. The molecular formula is C10H12F2N2. The van der Waals surface area contributed by atoms with E-state index in [-0.39, 0.29) is 6.04 Å². The minimum Gasteiger partial charge on any atom is -0.382 e. The molecule has 1 aromatic rings. The van der Waals surface area contributed by atoms with E-state index in [4.69, 9.17) is 5.73 Å². The summed E-state index contributed by atoms with van der Waals surface area (Å²) < 4.78 is 25.4. The van der Waals surface area contributed by atoms with Crippen LogP contribution in [0.15, 0.2) is 18.2 Å². The average Bonchev–Trinajstić information content (AvgIpc) is 2.09. The van der Waals surface area contributed by atoms with Gasteiger partial charge in [-0.25, -0.2) is 8.78 Å². The van der Waals surface area contributed by atoms with Gasteiger partial charge in [0, 0.05) is 23.8 Å². The van der Waals surface area contributed by atoms with Gasteiger partial charge in [0.25, 0.3) is 0 Å². The Hall–Kier alpha value is -1.16. The van der Waals surface area contributed by atoms with Gasteiger partial charge in [-0.15, -0.1) is 0 Å². The van der Waals surface area contributed by atoms with Gasteiger partial charge in [-0.1, -0.05) is 0 Å². The van der Waals surface area contributed by atoms with Crippen LogP contribution < -0.4 is 11.1 Å². The molecule has 76 valence electrons. The van der Waals surface area contributed by atoms with Crippen molar-refractivity contribution in [3.05, 3.63) is 29.8 Å². The highest BCUT2D eigenvalue weighted by molar-refractivity contribution is 5.45. The van der Waals surface area contributed by atoms with Crippen molar-refractivity contribution in [2.75, 3.05) is 5.32 Å². The van der Waals surface area contributed by atoms with E-state index in [1.54, 1.807) is 0 Å². The zero-order chi connectivity index (χ0) is 10.1. The normalized spacial score (nSPS) is 25.6. The van der Waals surface area contributed by atoms with Crippen molar-refractivity contribution >= 4 is 5.69 Å². The van der Waals surface area contributed by atoms with E-state index in [0.717, 1.165) is 18.9 Å². The van der Waals surface area contributed by atoms with E-state index < -0.39 is 11.6 Å². The quantitative estimate of drug-likeness (QED) is 0.761. The molecule has 1 aliphatic carbocycles. The van der Waals surface area contributed by atoms with Gasteiger partial charge in [0.2, 0.25) is 0 Å². The van der Waals surface area contributed by atoms with Crippen molar-refractivity contribution in [2.45, 2.75) is 24.9 Å². The van der Waals surface area contributed by atoms with E-state index >= 15 is 0 Å². The summed E-state index contributed by atoms with van der Waals surface area (Å²) in [5.41, 5.74) is 6.21. The standard InChI is InChI=1S/C10H12F2N2/c11-9-2-1-7(5-10(9)12)14-8-3-6(13)4-8/h1-2,5-6,8,14H,3-4,13H2. The fraction of sp³-hybridized carbons (Fsp3) is 0.400. The van der Waals surface area contributed by atoms with Crippen molar-refractivity contribution in [1.29, 1.82) is 0 Å². The molecule has 1 fully saturated rings. The number of rotatable bonds is 2. The van der Waals surface area contributed by atoms with Gasteiger partial charge in [0.1, 0.15) is 0 Å². The average molecular weight is 198 g/mol. The summed E-state index contributed by atoms with van der Waals surface area (Å²) in [7, 11) is 0. The molecule has 0 saturated heterocycles. The molecule has 14 heavy (non-hydrogen) atoms. The Labute approximate surface area is 81.1 Å².